The molecule has 1 aromatic rings. The Morgan fingerprint density at radius 2 is 2.24 bits per heavy atom. The molecule has 1 nitrogen and oxygen atoms in total. The molecule has 1 aliphatic rings. The van der Waals surface area contributed by atoms with E-state index < -0.39 is 0 Å². The number of thioether (sulfide) groups is 2. The van der Waals surface area contributed by atoms with Crippen molar-refractivity contribution in [3.05, 3.63) is 35.1 Å². The lowest BCUT2D eigenvalue weighted by molar-refractivity contribution is 0.583. The summed E-state index contributed by atoms with van der Waals surface area (Å²) in [5, 5.41) is 3.96. The van der Waals surface area contributed by atoms with Crippen LogP contribution in [0.25, 0.3) is 0 Å². The predicted molar refractivity (Wildman–Crippen MR) is 76.5 cm³/mol. The van der Waals surface area contributed by atoms with Crippen molar-refractivity contribution in [2.45, 2.75) is 18.2 Å². The fourth-order valence-corrected chi connectivity index (χ4v) is 5.04. The zero-order valence-electron chi connectivity index (χ0n) is 10.2. The molecule has 0 aliphatic carbocycles. The third kappa shape index (κ3) is 3.18. The number of halogens is 1. The second-order valence-corrected chi connectivity index (χ2v) is 6.76. The number of benzene rings is 1. The zero-order chi connectivity index (χ0) is 12.3. The van der Waals surface area contributed by atoms with E-state index in [4.69, 9.17) is 0 Å². The van der Waals surface area contributed by atoms with Crippen molar-refractivity contribution >= 4 is 23.5 Å². The summed E-state index contributed by atoms with van der Waals surface area (Å²) in [5.41, 5.74) is 1.93. The van der Waals surface area contributed by atoms with E-state index >= 15 is 0 Å². The summed E-state index contributed by atoms with van der Waals surface area (Å²) < 4.78 is 13.3. The fourth-order valence-electron chi connectivity index (χ4n) is 2.13. The summed E-state index contributed by atoms with van der Waals surface area (Å²) in [6.45, 7) is 1.83. The summed E-state index contributed by atoms with van der Waals surface area (Å²) in [5.74, 6) is 3.52. The summed E-state index contributed by atoms with van der Waals surface area (Å²) in [6.07, 6.45) is 0. The maximum absolute atomic E-state index is 13.3. The molecule has 1 aliphatic heterocycles. The molecule has 0 amide bonds. The quantitative estimate of drug-likeness (QED) is 0.906. The maximum atomic E-state index is 13.3. The Balaban J connectivity index is 2.18. The normalized spacial score (nSPS) is 22.4. The summed E-state index contributed by atoms with van der Waals surface area (Å²) in [7, 11) is 1.99. The molecule has 94 valence electrons. The van der Waals surface area contributed by atoms with Crippen LogP contribution in [0.15, 0.2) is 18.2 Å². The van der Waals surface area contributed by atoms with Gasteiger partial charge in [0.25, 0.3) is 0 Å². The molecule has 1 N–H and O–H groups in total. The van der Waals surface area contributed by atoms with Gasteiger partial charge in [0.2, 0.25) is 0 Å². The largest absolute Gasteiger partial charge is 0.312 e. The van der Waals surface area contributed by atoms with Crippen molar-refractivity contribution in [2.24, 2.45) is 0 Å². The third-order valence-corrected chi connectivity index (χ3v) is 5.93. The number of rotatable bonds is 3. The van der Waals surface area contributed by atoms with Crippen molar-refractivity contribution in [3.63, 3.8) is 0 Å². The van der Waals surface area contributed by atoms with Gasteiger partial charge >= 0.3 is 0 Å². The first-order valence-corrected chi connectivity index (χ1v) is 8.05. The minimum Gasteiger partial charge on any atom is -0.312 e. The minimum absolute atomic E-state index is 0.116. The Kier molecular flexibility index (Phi) is 4.77. The maximum Gasteiger partial charge on any atom is 0.126 e. The SMILES string of the molecule is CNC(c1ccc(F)c(C)c1)C1CSCCS1. The molecule has 0 aromatic heterocycles. The van der Waals surface area contributed by atoms with Crippen molar-refractivity contribution in [1.82, 2.24) is 5.32 Å². The first kappa shape index (κ1) is 13.2. The number of nitrogens with one attached hydrogen (secondary N) is 1. The van der Waals surface area contributed by atoms with E-state index in [1.54, 1.807) is 6.07 Å². The molecule has 0 saturated carbocycles. The van der Waals surface area contributed by atoms with E-state index in [1.807, 2.05) is 49.6 Å². The van der Waals surface area contributed by atoms with Gasteiger partial charge in [0.05, 0.1) is 0 Å². The molecule has 17 heavy (non-hydrogen) atoms. The molecule has 1 aromatic carbocycles. The van der Waals surface area contributed by atoms with Crippen molar-refractivity contribution < 1.29 is 4.39 Å². The summed E-state index contributed by atoms with van der Waals surface area (Å²) in [4.78, 5) is 0. The molecular weight excluding hydrogens is 253 g/mol. The van der Waals surface area contributed by atoms with Crippen molar-refractivity contribution in [1.29, 1.82) is 0 Å². The van der Waals surface area contributed by atoms with E-state index in [9.17, 15) is 4.39 Å². The highest BCUT2D eigenvalue weighted by molar-refractivity contribution is 8.06. The Hall–Kier alpha value is -0.190. The Bertz CT molecular complexity index is 378. The van der Waals surface area contributed by atoms with Crippen LogP contribution in [0, 0.1) is 12.7 Å². The van der Waals surface area contributed by atoms with Crippen LogP contribution in [-0.2, 0) is 0 Å². The summed E-state index contributed by atoms with van der Waals surface area (Å²) in [6, 6.07) is 5.78. The molecule has 2 rings (SSSR count). The highest BCUT2D eigenvalue weighted by Gasteiger charge is 2.24. The second kappa shape index (κ2) is 6.12. The molecule has 0 radical (unpaired) electrons. The van der Waals surface area contributed by atoms with E-state index in [0.717, 1.165) is 5.56 Å². The van der Waals surface area contributed by atoms with Gasteiger partial charge in [-0.05, 0) is 31.2 Å². The van der Waals surface area contributed by atoms with E-state index in [-0.39, 0.29) is 5.82 Å². The molecule has 0 spiro atoms. The lowest BCUT2D eigenvalue weighted by Crippen LogP contribution is -2.31. The molecular formula is C13H18FNS2. The standard InChI is InChI=1S/C13H18FNS2/c1-9-7-10(3-4-11(9)14)13(15-2)12-8-16-5-6-17-12/h3-4,7,12-13,15H,5-6,8H2,1-2H3. The van der Waals surface area contributed by atoms with Crippen LogP contribution in [0.1, 0.15) is 17.2 Å². The fraction of sp³-hybridized carbons (Fsp3) is 0.538. The lowest BCUT2D eigenvalue weighted by atomic mass is 10.0. The monoisotopic (exact) mass is 271 g/mol. The van der Waals surface area contributed by atoms with Crippen LogP contribution in [0.5, 0.6) is 0 Å². The Morgan fingerprint density at radius 3 is 2.82 bits per heavy atom. The van der Waals surface area contributed by atoms with E-state index in [0.29, 0.717) is 11.3 Å². The summed E-state index contributed by atoms with van der Waals surface area (Å²) >= 11 is 4.04. The number of hydrogen-bond donors (Lipinski definition) is 1. The van der Waals surface area contributed by atoms with E-state index in [1.165, 1.54) is 22.8 Å². The molecule has 4 heteroatoms. The van der Waals surface area contributed by atoms with Crippen LogP contribution in [0.3, 0.4) is 0 Å². The highest BCUT2D eigenvalue weighted by atomic mass is 32.2. The Labute approximate surface area is 111 Å². The van der Waals surface area contributed by atoms with Gasteiger partial charge < -0.3 is 5.32 Å². The molecule has 2 unspecified atom stereocenters. The van der Waals surface area contributed by atoms with Crippen LogP contribution in [0.2, 0.25) is 0 Å². The van der Waals surface area contributed by atoms with Gasteiger partial charge in [0, 0.05) is 28.6 Å². The zero-order valence-corrected chi connectivity index (χ0v) is 11.8. The first-order chi connectivity index (χ1) is 8.22. The average molecular weight is 271 g/mol. The molecule has 1 heterocycles. The predicted octanol–water partition coefficient (Wildman–Crippen LogP) is 3.24. The lowest BCUT2D eigenvalue weighted by Gasteiger charge is -2.29. The highest BCUT2D eigenvalue weighted by Crippen LogP contribution is 2.33. The van der Waals surface area contributed by atoms with Gasteiger partial charge in [-0.25, -0.2) is 4.39 Å². The van der Waals surface area contributed by atoms with Gasteiger partial charge in [-0.2, -0.15) is 23.5 Å². The molecule has 1 saturated heterocycles. The average Bonchev–Trinajstić information content (AvgIpc) is 2.36. The smallest absolute Gasteiger partial charge is 0.126 e. The van der Waals surface area contributed by atoms with Gasteiger partial charge in [-0.1, -0.05) is 12.1 Å². The van der Waals surface area contributed by atoms with E-state index in [2.05, 4.69) is 5.32 Å². The van der Waals surface area contributed by atoms with Gasteiger partial charge in [-0.3, -0.25) is 0 Å². The van der Waals surface area contributed by atoms with Crippen LogP contribution in [-0.4, -0.2) is 29.6 Å². The molecule has 0 bridgehead atoms. The Morgan fingerprint density at radius 1 is 1.41 bits per heavy atom. The minimum atomic E-state index is -0.116. The van der Waals surface area contributed by atoms with Crippen LogP contribution in [0.4, 0.5) is 4.39 Å². The number of aryl methyl sites for hydroxylation is 1. The number of hydrogen-bond acceptors (Lipinski definition) is 3. The van der Waals surface area contributed by atoms with Gasteiger partial charge in [0.15, 0.2) is 0 Å². The van der Waals surface area contributed by atoms with Crippen LogP contribution < -0.4 is 5.32 Å². The van der Waals surface area contributed by atoms with Crippen molar-refractivity contribution in [2.75, 3.05) is 24.3 Å². The van der Waals surface area contributed by atoms with Crippen molar-refractivity contribution in [3.8, 4) is 0 Å². The third-order valence-electron chi connectivity index (χ3n) is 3.07. The second-order valence-electron chi connectivity index (χ2n) is 4.26. The van der Waals surface area contributed by atoms with Gasteiger partial charge in [0.1, 0.15) is 5.82 Å². The molecule has 2 atom stereocenters. The van der Waals surface area contributed by atoms with Crippen LogP contribution >= 0.6 is 23.5 Å². The topological polar surface area (TPSA) is 12.0 Å². The molecule has 1 fully saturated rings. The first-order valence-electron chi connectivity index (χ1n) is 5.85. The van der Waals surface area contributed by atoms with Gasteiger partial charge in [-0.15, -0.1) is 0 Å².